The third-order valence-corrected chi connectivity index (χ3v) is 3.34. The van der Waals surface area contributed by atoms with Gasteiger partial charge in [-0.25, -0.2) is 0 Å². The average molecular weight is 280 g/mol. The van der Waals surface area contributed by atoms with E-state index in [0.29, 0.717) is 6.54 Å². The van der Waals surface area contributed by atoms with E-state index in [0.717, 1.165) is 22.7 Å². The number of aromatic nitrogens is 2. The fourth-order valence-corrected chi connectivity index (χ4v) is 2.23. The topological polar surface area (TPSA) is 50.1 Å². The van der Waals surface area contributed by atoms with Gasteiger partial charge in [-0.15, -0.1) is 0 Å². The van der Waals surface area contributed by atoms with Crippen molar-refractivity contribution in [3.8, 4) is 0 Å². The van der Waals surface area contributed by atoms with Crippen LogP contribution in [0.1, 0.15) is 24.1 Å². The maximum atomic E-state index is 8.84. The molecule has 0 unspecified atom stereocenters. The van der Waals surface area contributed by atoms with Gasteiger partial charge in [0.05, 0.1) is 19.3 Å². The molecule has 0 amide bonds. The molecule has 5 heteroatoms. The fraction of sp³-hybridized carbons (Fsp3) is 0.357. The molecule has 0 aliphatic carbocycles. The number of aliphatic hydroxyl groups is 1. The second kappa shape index (κ2) is 6.70. The number of aliphatic hydroxyl groups excluding tert-OH is 1. The number of halogens is 1. The van der Waals surface area contributed by atoms with Crippen LogP contribution in [0.2, 0.25) is 5.02 Å². The molecular formula is C14H18ClN3O. The van der Waals surface area contributed by atoms with Gasteiger partial charge in [0.25, 0.3) is 0 Å². The molecule has 1 heterocycles. The van der Waals surface area contributed by atoms with Gasteiger partial charge in [-0.3, -0.25) is 4.68 Å². The van der Waals surface area contributed by atoms with Crippen LogP contribution in [0, 0.1) is 0 Å². The first-order valence-corrected chi connectivity index (χ1v) is 6.68. The van der Waals surface area contributed by atoms with E-state index in [1.165, 1.54) is 0 Å². The zero-order chi connectivity index (χ0) is 13.7. The number of rotatable bonds is 6. The van der Waals surface area contributed by atoms with Crippen molar-refractivity contribution in [3.05, 3.63) is 52.8 Å². The molecule has 2 aromatic rings. The van der Waals surface area contributed by atoms with Gasteiger partial charge in [-0.05, 0) is 18.6 Å². The quantitative estimate of drug-likeness (QED) is 0.854. The van der Waals surface area contributed by atoms with Crippen molar-refractivity contribution in [2.75, 3.05) is 6.61 Å². The lowest BCUT2D eigenvalue weighted by Gasteiger charge is -2.14. The van der Waals surface area contributed by atoms with E-state index in [4.69, 9.17) is 16.7 Å². The Morgan fingerprint density at radius 2 is 2.21 bits per heavy atom. The van der Waals surface area contributed by atoms with Crippen LogP contribution >= 0.6 is 11.6 Å². The summed E-state index contributed by atoms with van der Waals surface area (Å²) in [6.07, 6.45) is 3.74. The number of benzene rings is 1. The van der Waals surface area contributed by atoms with Gasteiger partial charge in [-0.2, -0.15) is 5.10 Å². The van der Waals surface area contributed by atoms with E-state index < -0.39 is 0 Å². The maximum Gasteiger partial charge on any atom is 0.0640 e. The van der Waals surface area contributed by atoms with E-state index in [1.54, 1.807) is 4.68 Å². The molecule has 1 aromatic carbocycles. The van der Waals surface area contributed by atoms with E-state index >= 15 is 0 Å². The van der Waals surface area contributed by atoms with Crippen molar-refractivity contribution >= 4 is 11.6 Å². The lowest BCUT2D eigenvalue weighted by molar-refractivity contribution is 0.269. The van der Waals surface area contributed by atoms with Gasteiger partial charge in [0.2, 0.25) is 0 Å². The van der Waals surface area contributed by atoms with E-state index in [1.807, 2.05) is 36.7 Å². The summed E-state index contributed by atoms with van der Waals surface area (Å²) in [5.74, 6) is 0. The summed E-state index contributed by atoms with van der Waals surface area (Å²) in [5, 5.41) is 17.2. The SMILES string of the molecule is C[C@H](NCc1cnn(CCO)c1)c1ccccc1Cl. The number of hydrogen-bond donors (Lipinski definition) is 2. The number of nitrogens with zero attached hydrogens (tertiary/aromatic N) is 2. The summed E-state index contributed by atoms with van der Waals surface area (Å²) >= 11 is 6.16. The van der Waals surface area contributed by atoms with E-state index in [2.05, 4.69) is 17.3 Å². The third kappa shape index (κ3) is 3.80. The molecule has 0 aliphatic heterocycles. The smallest absolute Gasteiger partial charge is 0.0640 e. The Labute approximate surface area is 118 Å². The first-order chi connectivity index (χ1) is 9.20. The molecule has 2 N–H and O–H groups in total. The van der Waals surface area contributed by atoms with Gasteiger partial charge in [0.1, 0.15) is 0 Å². The molecule has 102 valence electrons. The predicted octanol–water partition coefficient (Wildman–Crippen LogP) is 2.38. The summed E-state index contributed by atoms with van der Waals surface area (Å²) in [7, 11) is 0. The molecule has 0 radical (unpaired) electrons. The van der Waals surface area contributed by atoms with E-state index in [9.17, 15) is 0 Å². The average Bonchev–Trinajstić information content (AvgIpc) is 2.85. The van der Waals surface area contributed by atoms with E-state index in [-0.39, 0.29) is 12.6 Å². The molecule has 0 saturated carbocycles. The monoisotopic (exact) mass is 279 g/mol. The second-order valence-electron chi connectivity index (χ2n) is 4.46. The maximum absolute atomic E-state index is 8.84. The van der Waals surface area contributed by atoms with Gasteiger partial charge < -0.3 is 10.4 Å². The molecule has 1 atom stereocenters. The minimum Gasteiger partial charge on any atom is -0.394 e. The zero-order valence-electron chi connectivity index (χ0n) is 10.9. The Hall–Kier alpha value is -1.36. The van der Waals surface area contributed by atoms with Crippen LogP contribution in [0.3, 0.4) is 0 Å². The fourth-order valence-electron chi connectivity index (χ4n) is 1.93. The third-order valence-electron chi connectivity index (χ3n) is 3.00. The summed E-state index contributed by atoms with van der Waals surface area (Å²) in [4.78, 5) is 0. The Balaban J connectivity index is 1.92. The highest BCUT2D eigenvalue weighted by molar-refractivity contribution is 6.31. The molecule has 0 aliphatic rings. The zero-order valence-corrected chi connectivity index (χ0v) is 11.6. The molecule has 0 bridgehead atoms. The van der Waals surface area contributed by atoms with Crippen LogP contribution in [0.5, 0.6) is 0 Å². The van der Waals surface area contributed by atoms with Crippen molar-refractivity contribution < 1.29 is 5.11 Å². The molecule has 0 saturated heterocycles. The van der Waals surface area contributed by atoms with Crippen LogP contribution < -0.4 is 5.32 Å². The molecule has 19 heavy (non-hydrogen) atoms. The highest BCUT2D eigenvalue weighted by atomic mass is 35.5. The van der Waals surface area contributed by atoms with Crippen LogP contribution in [0.25, 0.3) is 0 Å². The van der Waals surface area contributed by atoms with Gasteiger partial charge in [-0.1, -0.05) is 29.8 Å². The lowest BCUT2D eigenvalue weighted by Crippen LogP contribution is -2.18. The van der Waals surface area contributed by atoms with Gasteiger partial charge in [0, 0.05) is 29.4 Å². The Bertz CT molecular complexity index is 527. The van der Waals surface area contributed by atoms with Crippen molar-refractivity contribution in [1.82, 2.24) is 15.1 Å². The summed E-state index contributed by atoms with van der Waals surface area (Å²) in [6.45, 7) is 3.43. The van der Waals surface area contributed by atoms with Crippen molar-refractivity contribution in [2.45, 2.75) is 26.1 Å². The Morgan fingerprint density at radius 3 is 2.95 bits per heavy atom. The minimum absolute atomic E-state index is 0.102. The Kier molecular flexibility index (Phi) is 4.96. The van der Waals surface area contributed by atoms with Crippen LogP contribution in [0.4, 0.5) is 0 Å². The van der Waals surface area contributed by atoms with Gasteiger partial charge in [0.15, 0.2) is 0 Å². The molecular weight excluding hydrogens is 262 g/mol. The molecule has 0 fully saturated rings. The summed E-state index contributed by atoms with van der Waals surface area (Å²) in [6, 6.07) is 8.01. The first kappa shape index (κ1) is 14.1. The minimum atomic E-state index is 0.102. The number of hydrogen-bond acceptors (Lipinski definition) is 3. The Morgan fingerprint density at radius 1 is 1.42 bits per heavy atom. The largest absolute Gasteiger partial charge is 0.394 e. The van der Waals surface area contributed by atoms with Crippen LogP contribution in [-0.4, -0.2) is 21.5 Å². The van der Waals surface area contributed by atoms with Crippen molar-refractivity contribution in [3.63, 3.8) is 0 Å². The highest BCUT2D eigenvalue weighted by Crippen LogP contribution is 2.22. The predicted molar refractivity (Wildman–Crippen MR) is 76.0 cm³/mol. The van der Waals surface area contributed by atoms with Crippen LogP contribution in [0.15, 0.2) is 36.7 Å². The standard InChI is InChI=1S/C14H18ClN3O/c1-11(13-4-2-3-5-14(13)15)16-8-12-9-17-18(10-12)6-7-19/h2-5,9-11,16,19H,6-8H2,1H3/t11-/m0/s1. The normalized spacial score (nSPS) is 12.6. The second-order valence-corrected chi connectivity index (χ2v) is 4.87. The molecule has 0 spiro atoms. The number of nitrogens with one attached hydrogen (secondary N) is 1. The summed E-state index contributed by atoms with van der Waals surface area (Å²) < 4.78 is 1.73. The van der Waals surface area contributed by atoms with Crippen molar-refractivity contribution in [2.24, 2.45) is 0 Å². The lowest BCUT2D eigenvalue weighted by atomic mass is 10.1. The highest BCUT2D eigenvalue weighted by Gasteiger charge is 2.08. The van der Waals surface area contributed by atoms with Crippen LogP contribution in [-0.2, 0) is 13.1 Å². The van der Waals surface area contributed by atoms with Crippen molar-refractivity contribution in [1.29, 1.82) is 0 Å². The first-order valence-electron chi connectivity index (χ1n) is 6.30. The van der Waals surface area contributed by atoms with Gasteiger partial charge >= 0.3 is 0 Å². The molecule has 4 nitrogen and oxygen atoms in total. The summed E-state index contributed by atoms with van der Waals surface area (Å²) in [5.41, 5.74) is 2.18. The molecule has 2 rings (SSSR count). The molecule has 1 aromatic heterocycles.